The molecule has 5 nitrogen and oxygen atoms in total. The second kappa shape index (κ2) is 6.47. The summed E-state index contributed by atoms with van der Waals surface area (Å²) in [4.78, 5) is 22.1. The Morgan fingerprint density at radius 3 is 2.70 bits per heavy atom. The van der Waals surface area contributed by atoms with Gasteiger partial charge in [-0.15, -0.1) is 11.3 Å². The Balaban J connectivity index is 1.37. The van der Waals surface area contributed by atoms with E-state index < -0.39 is 5.41 Å². The number of benzene rings is 1. The summed E-state index contributed by atoms with van der Waals surface area (Å²) in [5.74, 6) is 0.982. The highest BCUT2D eigenvalue weighted by atomic mass is 35.5. The van der Waals surface area contributed by atoms with Crippen LogP contribution in [-0.2, 0) is 11.2 Å². The van der Waals surface area contributed by atoms with Crippen LogP contribution in [0.5, 0.6) is 0 Å². The molecule has 1 aromatic carbocycles. The number of thiazole rings is 1. The molecule has 0 bridgehead atoms. The monoisotopic (exact) mass is 403 g/mol. The highest BCUT2D eigenvalue weighted by Gasteiger charge is 2.55. The number of halogens is 1. The molecule has 3 heterocycles. The predicted molar refractivity (Wildman–Crippen MR) is 106 cm³/mol. The van der Waals surface area contributed by atoms with Crippen LogP contribution in [0.3, 0.4) is 0 Å². The highest BCUT2D eigenvalue weighted by Crippen LogP contribution is 2.45. The lowest BCUT2D eigenvalue weighted by Crippen LogP contribution is -2.65. The van der Waals surface area contributed by atoms with Gasteiger partial charge >= 0.3 is 0 Å². The molecule has 1 N–H and O–H groups in total. The van der Waals surface area contributed by atoms with E-state index in [0.29, 0.717) is 37.0 Å². The van der Waals surface area contributed by atoms with Crippen LogP contribution in [0.1, 0.15) is 12.0 Å². The third-order valence-electron chi connectivity index (χ3n) is 6.40. The molecule has 2 aromatic rings. The van der Waals surface area contributed by atoms with Crippen molar-refractivity contribution in [3.63, 3.8) is 0 Å². The molecular formula is C20H22ClN3O2S. The van der Waals surface area contributed by atoms with Crippen LogP contribution >= 0.6 is 22.9 Å². The Bertz CT molecular complexity index is 835. The van der Waals surface area contributed by atoms with Crippen molar-refractivity contribution >= 4 is 34.0 Å². The number of likely N-dealkylation sites (tertiary alicyclic amines) is 1. The summed E-state index contributed by atoms with van der Waals surface area (Å²) in [5.41, 5.74) is 0.711. The number of fused-ring (bicyclic) bond motifs is 1. The van der Waals surface area contributed by atoms with E-state index in [-0.39, 0.29) is 17.9 Å². The molecule has 2 saturated heterocycles. The van der Waals surface area contributed by atoms with Crippen molar-refractivity contribution in [1.29, 1.82) is 0 Å². The minimum Gasteiger partial charge on any atom is -0.393 e. The average Bonchev–Trinajstić information content (AvgIpc) is 3.26. The van der Waals surface area contributed by atoms with Gasteiger partial charge in [0.25, 0.3) is 0 Å². The SMILES string of the molecule is O=C(N1C[C@@H]2C[C@H](O)[C@@H]2C1)C1(Cc2ccc(Cl)cc2)CN(c2nccs2)C1. The Labute approximate surface area is 167 Å². The quantitative estimate of drug-likeness (QED) is 0.852. The summed E-state index contributed by atoms with van der Waals surface area (Å²) in [5, 5.41) is 13.6. The summed E-state index contributed by atoms with van der Waals surface area (Å²) in [6, 6.07) is 7.80. The molecule has 1 amide bonds. The van der Waals surface area contributed by atoms with Gasteiger partial charge in [0.1, 0.15) is 0 Å². The van der Waals surface area contributed by atoms with Gasteiger partial charge in [-0.25, -0.2) is 4.98 Å². The number of hydrogen-bond donors (Lipinski definition) is 1. The van der Waals surface area contributed by atoms with Crippen LogP contribution in [0.2, 0.25) is 5.02 Å². The number of aliphatic hydroxyl groups excluding tert-OH is 1. The van der Waals surface area contributed by atoms with Crippen LogP contribution in [0.15, 0.2) is 35.8 Å². The van der Waals surface area contributed by atoms with Crippen LogP contribution in [0, 0.1) is 17.3 Å². The predicted octanol–water partition coefficient (Wildman–Crippen LogP) is 2.68. The first-order valence-electron chi connectivity index (χ1n) is 9.40. The molecule has 0 radical (unpaired) electrons. The van der Waals surface area contributed by atoms with E-state index in [1.807, 2.05) is 34.5 Å². The van der Waals surface area contributed by atoms with Crippen LogP contribution in [0.4, 0.5) is 5.13 Å². The fourth-order valence-electron chi connectivity index (χ4n) is 4.88. The van der Waals surface area contributed by atoms with Crippen molar-refractivity contribution < 1.29 is 9.90 Å². The van der Waals surface area contributed by atoms with Crippen molar-refractivity contribution in [1.82, 2.24) is 9.88 Å². The third kappa shape index (κ3) is 2.94. The fraction of sp³-hybridized carbons (Fsp3) is 0.500. The number of carbonyl (C=O) groups is 1. The van der Waals surface area contributed by atoms with E-state index in [2.05, 4.69) is 9.88 Å². The lowest BCUT2D eigenvalue weighted by atomic mass is 9.73. The Morgan fingerprint density at radius 2 is 2.07 bits per heavy atom. The molecule has 7 heteroatoms. The fourth-order valence-corrected chi connectivity index (χ4v) is 5.65. The first-order chi connectivity index (χ1) is 13.0. The van der Waals surface area contributed by atoms with Crippen LogP contribution < -0.4 is 4.90 Å². The second-order valence-electron chi connectivity index (χ2n) is 8.19. The summed E-state index contributed by atoms with van der Waals surface area (Å²) in [6.07, 6.45) is 3.12. The molecule has 3 aliphatic rings. The first kappa shape index (κ1) is 17.5. The van der Waals surface area contributed by atoms with E-state index in [1.165, 1.54) is 0 Å². The maximum Gasteiger partial charge on any atom is 0.232 e. The van der Waals surface area contributed by atoms with E-state index in [0.717, 1.165) is 23.7 Å². The molecule has 27 heavy (non-hydrogen) atoms. The highest BCUT2D eigenvalue weighted by molar-refractivity contribution is 7.13. The molecule has 2 aliphatic heterocycles. The molecule has 1 saturated carbocycles. The van der Waals surface area contributed by atoms with E-state index in [1.54, 1.807) is 17.5 Å². The standard InChI is InChI=1S/C20H22ClN3O2S/c21-15-3-1-13(2-4-15)8-20(11-24(12-20)19-22-5-6-27-19)18(26)23-9-14-7-17(25)16(14)10-23/h1-6,14,16-17,25H,7-12H2/t14-,16+,17-/m0/s1. The minimum atomic E-state index is -0.422. The zero-order chi connectivity index (χ0) is 18.6. The van der Waals surface area contributed by atoms with Crippen molar-refractivity contribution in [2.45, 2.75) is 18.9 Å². The lowest BCUT2D eigenvalue weighted by molar-refractivity contribution is -0.143. The van der Waals surface area contributed by atoms with Gasteiger partial charge in [-0.1, -0.05) is 23.7 Å². The zero-order valence-corrected chi connectivity index (χ0v) is 16.5. The molecular weight excluding hydrogens is 382 g/mol. The van der Waals surface area contributed by atoms with Crippen molar-refractivity contribution in [3.05, 3.63) is 46.4 Å². The second-order valence-corrected chi connectivity index (χ2v) is 9.50. The molecule has 0 unspecified atom stereocenters. The van der Waals surface area contributed by atoms with Crippen molar-refractivity contribution in [3.8, 4) is 0 Å². The van der Waals surface area contributed by atoms with Gasteiger partial charge in [0.2, 0.25) is 5.91 Å². The van der Waals surface area contributed by atoms with Gasteiger partial charge in [0.15, 0.2) is 5.13 Å². The number of amides is 1. The van der Waals surface area contributed by atoms with E-state index >= 15 is 0 Å². The molecule has 3 fully saturated rings. The number of aromatic nitrogens is 1. The van der Waals surface area contributed by atoms with Crippen LogP contribution in [-0.4, -0.2) is 53.2 Å². The summed E-state index contributed by atoms with van der Waals surface area (Å²) in [6.45, 7) is 2.87. The Morgan fingerprint density at radius 1 is 1.30 bits per heavy atom. The van der Waals surface area contributed by atoms with Gasteiger partial charge in [-0.2, -0.15) is 0 Å². The topological polar surface area (TPSA) is 56.7 Å². The van der Waals surface area contributed by atoms with Gasteiger partial charge < -0.3 is 14.9 Å². The number of aliphatic hydroxyl groups is 1. The Kier molecular flexibility index (Phi) is 4.18. The zero-order valence-electron chi connectivity index (χ0n) is 14.9. The van der Waals surface area contributed by atoms with E-state index in [9.17, 15) is 9.90 Å². The minimum absolute atomic E-state index is 0.228. The summed E-state index contributed by atoms with van der Waals surface area (Å²) < 4.78 is 0. The molecule has 5 rings (SSSR count). The molecule has 3 atom stereocenters. The number of nitrogens with zero attached hydrogens (tertiary/aromatic N) is 3. The van der Waals surface area contributed by atoms with Gasteiger partial charge in [0, 0.05) is 48.7 Å². The van der Waals surface area contributed by atoms with Crippen LogP contribution in [0.25, 0.3) is 0 Å². The molecule has 1 aliphatic carbocycles. The summed E-state index contributed by atoms with van der Waals surface area (Å²) >= 11 is 7.64. The number of rotatable bonds is 4. The number of hydrogen-bond acceptors (Lipinski definition) is 5. The molecule has 0 spiro atoms. The lowest BCUT2D eigenvalue weighted by Gasteiger charge is -2.50. The maximum atomic E-state index is 13.5. The first-order valence-corrected chi connectivity index (χ1v) is 10.7. The number of carbonyl (C=O) groups excluding carboxylic acids is 1. The third-order valence-corrected chi connectivity index (χ3v) is 7.49. The largest absolute Gasteiger partial charge is 0.393 e. The average molecular weight is 404 g/mol. The van der Waals surface area contributed by atoms with Gasteiger partial charge in [-0.05, 0) is 36.5 Å². The molecule has 1 aromatic heterocycles. The maximum absolute atomic E-state index is 13.5. The van der Waals surface area contributed by atoms with Gasteiger partial charge in [0.05, 0.1) is 11.5 Å². The van der Waals surface area contributed by atoms with Crippen molar-refractivity contribution in [2.24, 2.45) is 17.3 Å². The number of anilines is 1. The molecule has 142 valence electrons. The van der Waals surface area contributed by atoms with E-state index in [4.69, 9.17) is 11.6 Å². The Hall–Kier alpha value is -1.63. The summed E-state index contributed by atoms with van der Waals surface area (Å²) in [7, 11) is 0. The van der Waals surface area contributed by atoms with Gasteiger partial charge in [-0.3, -0.25) is 4.79 Å². The smallest absolute Gasteiger partial charge is 0.232 e. The normalized spacial score (nSPS) is 28.4. The van der Waals surface area contributed by atoms with Crippen molar-refractivity contribution in [2.75, 3.05) is 31.1 Å².